The third kappa shape index (κ3) is 2.35. The van der Waals surface area contributed by atoms with Crippen LogP contribution in [-0.4, -0.2) is 17.6 Å². The summed E-state index contributed by atoms with van der Waals surface area (Å²) in [4.78, 5) is 4.07. The van der Waals surface area contributed by atoms with Crippen LogP contribution >= 0.6 is 11.6 Å². The van der Waals surface area contributed by atoms with Gasteiger partial charge in [-0.05, 0) is 30.2 Å². The molecule has 0 fully saturated rings. The first-order chi connectivity index (χ1) is 8.83. The van der Waals surface area contributed by atoms with E-state index in [-0.39, 0.29) is 0 Å². The van der Waals surface area contributed by atoms with Gasteiger partial charge in [0.25, 0.3) is 0 Å². The first-order valence-electron chi connectivity index (χ1n) is 5.96. The van der Waals surface area contributed by atoms with E-state index in [1.807, 2.05) is 18.2 Å². The van der Waals surface area contributed by atoms with Gasteiger partial charge >= 0.3 is 0 Å². The van der Waals surface area contributed by atoms with Crippen molar-refractivity contribution < 1.29 is 4.42 Å². The number of fused-ring (bicyclic) bond motifs is 1. The molecule has 1 aliphatic heterocycles. The highest BCUT2D eigenvalue weighted by Gasteiger charge is 2.22. The van der Waals surface area contributed by atoms with Crippen LogP contribution in [0.2, 0.25) is 5.15 Å². The van der Waals surface area contributed by atoms with Crippen LogP contribution in [0.3, 0.4) is 0 Å². The Labute approximate surface area is 110 Å². The Morgan fingerprint density at radius 3 is 3.22 bits per heavy atom. The second-order valence-corrected chi connectivity index (χ2v) is 4.75. The molecule has 1 unspecified atom stereocenters. The number of rotatable bonds is 4. The molecule has 4 nitrogen and oxygen atoms in total. The van der Waals surface area contributed by atoms with E-state index in [1.54, 1.807) is 12.5 Å². The number of anilines is 1. The SMILES string of the molecule is Clc1nccc2c1NC(CNCc1ccco1)C2. The molecule has 18 heavy (non-hydrogen) atoms. The second kappa shape index (κ2) is 5.00. The molecule has 0 spiro atoms. The van der Waals surface area contributed by atoms with E-state index in [0.29, 0.717) is 11.2 Å². The summed E-state index contributed by atoms with van der Waals surface area (Å²) in [7, 11) is 0. The van der Waals surface area contributed by atoms with E-state index < -0.39 is 0 Å². The number of halogens is 1. The number of aromatic nitrogens is 1. The lowest BCUT2D eigenvalue weighted by Gasteiger charge is -2.11. The summed E-state index contributed by atoms with van der Waals surface area (Å²) in [6, 6.07) is 6.23. The van der Waals surface area contributed by atoms with Crippen LogP contribution < -0.4 is 10.6 Å². The lowest BCUT2D eigenvalue weighted by molar-refractivity contribution is 0.477. The molecule has 0 aliphatic carbocycles. The molecule has 3 rings (SSSR count). The highest BCUT2D eigenvalue weighted by atomic mass is 35.5. The predicted molar refractivity (Wildman–Crippen MR) is 70.8 cm³/mol. The highest BCUT2D eigenvalue weighted by molar-refractivity contribution is 6.32. The molecule has 2 aromatic heterocycles. The topological polar surface area (TPSA) is 50.1 Å². The smallest absolute Gasteiger partial charge is 0.152 e. The maximum absolute atomic E-state index is 6.04. The fourth-order valence-electron chi connectivity index (χ4n) is 2.22. The first-order valence-corrected chi connectivity index (χ1v) is 6.34. The van der Waals surface area contributed by atoms with E-state index in [1.165, 1.54) is 5.56 Å². The third-order valence-electron chi connectivity index (χ3n) is 3.08. The van der Waals surface area contributed by atoms with Gasteiger partial charge in [0.15, 0.2) is 5.15 Å². The summed E-state index contributed by atoms with van der Waals surface area (Å²) < 4.78 is 5.27. The first kappa shape index (κ1) is 11.6. The van der Waals surface area contributed by atoms with Crippen LogP contribution in [0.5, 0.6) is 0 Å². The molecule has 5 heteroatoms. The van der Waals surface area contributed by atoms with Gasteiger partial charge in [-0.2, -0.15) is 0 Å². The molecule has 3 heterocycles. The van der Waals surface area contributed by atoms with Crippen LogP contribution in [0.15, 0.2) is 35.1 Å². The van der Waals surface area contributed by atoms with Crippen molar-refractivity contribution in [3.8, 4) is 0 Å². The van der Waals surface area contributed by atoms with Crippen LogP contribution in [0.25, 0.3) is 0 Å². The van der Waals surface area contributed by atoms with Crippen molar-refractivity contribution in [3.05, 3.63) is 47.1 Å². The molecular weight excluding hydrogens is 250 g/mol. The molecule has 0 amide bonds. The molecule has 0 radical (unpaired) electrons. The summed E-state index contributed by atoms with van der Waals surface area (Å²) in [5.74, 6) is 0.949. The molecule has 0 aromatic carbocycles. The minimum absolute atomic E-state index is 0.358. The largest absolute Gasteiger partial charge is 0.468 e. The van der Waals surface area contributed by atoms with Crippen LogP contribution in [0.1, 0.15) is 11.3 Å². The summed E-state index contributed by atoms with van der Waals surface area (Å²) in [5, 5.41) is 7.32. The van der Waals surface area contributed by atoms with Gasteiger partial charge in [0.1, 0.15) is 5.76 Å². The van der Waals surface area contributed by atoms with Gasteiger partial charge in [-0.15, -0.1) is 0 Å². The molecule has 0 saturated heterocycles. The fourth-order valence-corrected chi connectivity index (χ4v) is 2.45. The molecule has 2 N–H and O–H groups in total. The average Bonchev–Trinajstić information content (AvgIpc) is 2.98. The van der Waals surface area contributed by atoms with Crippen LogP contribution in [-0.2, 0) is 13.0 Å². The van der Waals surface area contributed by atoms with Crippen LogP contribution in [0.4, 0.5) is 5.69 Å². The minimum Gasteiger partial charge on any atom is -0.468 e. The Bertz CT molecular complexity index is 527. The van der Waals surface area contributed by atoms with Crippen molar-refractivity contribution >= 4 is 17.3 Å². The summed E-state index contributed by atoms with van der Waals surface area (Å²) in [6.07, 6.45) is 4.41. The Kier molecular flexibility index (Phi) is 3.21. The zero-order chi connectivity index (χ0) is 12.4. The zero-order valence-electron chi connectivity index (χ0n) is 9.82. The number of pyridine rings is 1. The molecule has 0 bridgehead atoms. The Balaban J connectivity index is 1.53. The summed E-state index contributed by atoms with van der Waals surface area (Å²) in [5.41, 5.74) is 2.21. The molecule has 0 saturated carbocycles. The quantitative estimate of drug-likeness (QED) is 0.832. The van der Waals surface area contributed by atoms with Crippen molar-refractivity contribution in [1.82, 2.24) is 10.3 Å². The lowest BCUT2D eigenvalue weighted by atomic mass is 10.1. The Morgan fingerprint density at radius 1 is 1.50 bits per heavy atom. The van der Waals surface area contributed by atoms with Crippen molar-refractivity contribution in [2.24, 2.45) is 0 Å². The number of hydrogen-bond donors (Lipinski definition) is 2. The predicted octanol–water partition coefficient (Wildman–Crippen LogP) is 2.45. The van der Waals surface area contributed by atoms with Crippen molar-refractivity contribution in [1.29, 1.82) is 0 Å². The van der Waals surface area contributed by atoms with E-state index in [4.69, 9.17) is 16.0 Å². The Morgan fingerprint density at radius 2 is 2.44 bits per heavy atom. The lowest BCUT2D eigenvalue weighted by Crippen LogP contribution is -2.30. The van der Waals surface area contributed by atoms with Crippen molar-refractivity contribution in [2.45, 2.75) is 19.0 Å². The van der Waals surface area contributed by atoms with E-state index in [2.05, 4.69) is 15.6 Å². The standard InChI is InChI=1S/C13H14ClN3O/c14-13-12-9(3-4-16-13)6-10(17-12)7-15-8-11-2-1-5-18-11/h1-5,10,15,17H,6-8H2. The van der Waals surface area contributed by atoms with Gasteiger partial charge in [0.05, 0.1) is 18.5 Å². The summed E-state index contributed by atoms with van der Waals surface area (Å²) in [6.45, 7) is 1.61. The molecule has 2 aromatic rings. The maximum atomic E-state index is 6.04. The fraction of sp³-hybridized carbons (Fsp3) is 0.308. The normalized spacial score (nSPS) is 17.5. The highest BCUT2D eigenvalue weighted by Crippen LogP contribution is 2.30. The summed E-state index contributed by atoms with van der Waals surface area (Å²) >= 11 is 6.04. The Hall–Kier alpha value is -1.52. The van der Waals surface area contributed by atoms with Gasteiger partial charge in [-0.25, -0.2) is 4.98 Å². The van der Waals surface area contributed by atoms with Crippen molar-refractivity contribution in [2.75, 3.05) is 11.9 Å². The molecular formula is C13H14ClN3O. The second-order valence-electron chi connectivity index (χ2n) is 4.39. The van der Waals surface area contributed by atoms with Gasteiger partial charge in [0, 0.05) is 18.8 Å². The van der Waals surface area contributed by atoms with Gasteiger partial charge < -0.3 is 15.1 Å². The van der Waals surface area contributed by atoms with Gasteiger partial charge in [-0.1, -0.05) is 11.6 Å². The van der Waals surface area contributed by atoms with Gasteiger partial charge in [0.2, 0.25) is 0 Å². The molecule has 1 atom stereocenters. The van der Waals surface area contributed by atoms with E-state index in [9.17, 15) is 0 Å². The monoisotopic (exact) mass is 263 g/mol. The number of nitrogens with one attached hydrogen (secondary N) is 2. The number of furan rings is 1. The maximum Gasteiger partial charge on any atom is 0.152 e. The van der Waals surface area contributed by atoms with Gasteiger partial charge in [-0.3, -0.25) is 0 Å². The average molecular weight is 264 g/mol. The number of nitrogens with zero attached hydrogens (tertiary/aromatic N) is 1. The van der Waals surface area contributed by atoms with Crippen LogP contribution in [0, 0.1) is 0 Å². The third-order valence-corrected chi connectivity index (χ3v) is 3.36. The zero-order valence-corrected chi connectivity index (χ0v) is 10.6. The number of hydrogen-bond acceptors (Lipinski definition) is 4. The van der Waals surface area contributed by atoms with E-state index in [0.717, 1.165) is 31.0 Å². The van der Waals surface area contributed by atoms with Crippen molar-refractivity contribution in [3.63, 3.8) is 0 Å². The minimum atomic E-state index is 0.358. The molecule has 94 valence electrons. The molecule has 1 aliphatic rings. The van der Waals surface area contributed by atoms with E-state index >= 15 is 0 Å².